The molecule has 0 saturated heterocycles. The van der Waals surface area contributed by atoms with Gasteiger partial charge in [-0.2, -0.15) is 0 Å². The average molecular weight is 377 g/mol. The molecule has 1 aromatic heterocycles. The van der Waals surface area contributed by atoms with Crippen LogP contribution >= 0.6 is 11.3 Å². The predicted octanol–water partition coefficient (Wildman–Crippen LogP) is 4.37. The Morgan fingerprint density at radius 1 is 1.04 bits per heavy atom. The minimum absolute atomic E-state index is 0.0520. The summed E-state index contributed by atoms with van der Waals surface area (Å²) in [5.41, 5.74) is 3.30. The van der Waals surface area contributed by atoms with Crippen LogP contribution in [0.1, 0.15) is 38.8 Å². The lowest BCUT2D eigenvalue weighted by atomic mass is 10.1. The third-order valence-corrected chi connectivity index (χ3v) is 5.66. The van der Waals surface area contributed by atoms with Crippen molar-refractivity contribution < 1.29 is 9.59 Å². The van der Waals surface area contributed by atoms with Crippen LogP contribution in [0.3, 0.4) is 0 Å². The van der Waals surface area contributed by atoms with Gasteiger partial charge in [-0.25, -0.2) is 4.98 Å². The van der Waals surface area contributed by atoms with E-state index in [4.69, 9.17) is 0 Å². The van der Waals surface area contributed by atoms with Crippen LogP contribution < -0.4 is 10.6 Å². The molecule has 2 amide bonds. The Labute approximate surface area is 161 Å². The minimum atomic E-state index is -0.278. The Balaban J connectivity index is 1.46. The molecule has 1 atom stereocenters. The van der Waals surface area contributed by atoms with Gasteiger partial charge in [-0.05, 0) is 44.0 Å². The molecule has 3 aromatic rings. The Morgan fingerprint density at radius 2 is 1.78 bits per heavy atom. The molecular weight excluding hydrogens is 358 g/mol. The number of aryl methyl sites for hydroxylation is 2. The zero-order valence-electron chi connectivity index (χ0n) is 14.9. The van der Waals surface area contributed by atoms with E-state index in [9.17, 15) is 9.59 Å². The van der Waals surface area contributed by atoms with Crippen molar-refractivity contribution in [1.82, 2.24) is 4.98 Å². The summed E-state index contributed by atoms with van der Waals surface area (Å²) in [7, 11) is 0. The van der Waals surface area contributed by atoms with Gasteiger partial charge in [0.2, 0.25) is 5.91 Å². The van der Waals surface area contributed by atoms with Crippen LogP contribution in [0.15, 0.2) is 54.6 Å². The van der Waals surface area contributed by atoms with E-state index < -0.39 is 0 Å². The molecule has 1 unspecified atom stereocenters. The molecule has 0 radical (unpaired) electrons. The number of carbonyl (C=O) groups is 2. The highest BCUT2D eigenvalue weighted by Crippen LogP contribution is 2.39. The van der Waals surface area contributed by atoms with Crippen LogP contribution in [-0.2, 0) is 11.2 Å². The molecule has 4 rings (SSSR count). The Bertz CT molecular complexity index is 980. The molecule has 27 heavy (non-hydrogen) atoms. The van der Waals surface area contributed by atoms with Crippen molar-refractivity contribution in [2.45, 2.75) is 25.7 Å². The van der Waals surface area contributed by atoms with Crippen LogP contribution in [0.5, 0.6) is 0 Å². The predicted molar refractivity (Wildman–Crippen MR) is 107 cm³/mol. The molecule has 5 nitrogen and oxygen atoms in total. The first-order valence-electron chi connectivity index (χ1n) is 8.83. The summed E-state index contributed by atoms with van der Waals surface area (Å²) in [5.74, 6) is -0.521. The van der Waals surface area contributed by atoms with E-state index in [1.807, 2.05) is 49.4 Å². The highest BCUT2D eigenvalue weighted by atomic mass is 32.1. The second-order valence-corrected chi connectivity index (χ2v) is 7.68. The summed E-state index contributed by atoms with van der Waals surface area (Å²) >= 11 is 1.45. The Morgan fingerprint density at radius 3 is 2.52 bits per heavy atom. The first kappa shape index (κ1) is 17.4. The minimum Gasteiger partial charge on any atom is -0.326 e. The summed E-state index contributed by atoms with van der Waals surface area (Å²) in [4.78, 5) is 30.6. The van der Waals surface area contributed by atoms with Gasteiger partial charge >= 0.3 is 0 Å². The summed E-state index contributed by atoms with van der Waals surface area (Å²) in [5, 5.41) is 6.35. The lowest BCUT2D eigenvalue weighted by Crippen LogP contribution is -2.20. The zero-order valence-corrected chi connectivity index (χ0v) is 15.7. The summed E-state index contributed by atoms with van der Waals surface area (Å²) in [6.45, 7) is 2.01. The summed E-state index contributed by atoms with van der Waals surface area (Å²) in [6, 6.07) is 16.8. The molecule has 0 spiro atoms. The highest BCUT2D eigenvalue weighted by molar-refractivity contribution is 7.16. The maximum Gasteiger partial charge on any atom is 0.257 e. The maximum atomic E-state index is 12.7. The number of benzene rings is 2. The number of hydrogen-bond acceptors (Lipinski definition) is 4. The molecule has 6 heteroatoms. The summed E-state index contributed by atoms with van der Waals surface area (Å²) < 4.78 is 0. The fourth-order valence-electron chi connectivity index (χ4n) is 3.16. The summed E-state index contributed by atoms with van der Waals surface area (Å²) in [6.07, 6.45) is 1.55. The molecule has 2 aromatic carbocycles. The Hall–Kier alpha value is -2.99. The van der Waals surface area contributed by atoms with Gasteiger partial charge < -0.3 is 5.32 Å². The van der Waals surface area contributed by atoms with Gasteiger partial charge in [0.25, 0.3) is 5.91 Å². The van der Waals surface area contributed by atoms with Gasteiger partial charge in [-0.15, -0.1) is 11.3 Å². The molecular formula is C21H19N3O2S. The van der Waals surface area contributed by atoms with Gasteiger partial charge in [0.1, 0.15) is 0 Å². The fraction of sp³-hybridized carbons (Fsp3) is 0.190. The number of carbonyl (C=O) groups excluding carboxylic acids is 2. The third kappa shape index (κ3) is 3.75. The lowest BCUT2D eigenvalue weighted by Gasteiger charge is -2.11. The molecule has 1 aliphatic rings. The van der Waals surface area contributed by atoms with Crippen LogP contribution in [0.25, 0.3) is 0 Å². The molecule has 0 bridgehead atoms. The topological polar surface area (TPSA) is 71.1 Å². The number of nitrogens with zero attached hydrogens (tertiary/aromatic N) is 1. The monoisotopic (exact) mass is 377 g/mol. The van der Waals surface area contributed by atoms with Gasteiger partial charge in [0.05, 0.1) is 11.6 Å². The molecule has 1 heterocycles. The van der Waals surface area contributed by atoms with Crippen LogP contribution in [-0.4, -0.2) is 16.8 Å². The normalized spacial score (nSPS) is 15.2. The van der Waals surface area contributed by atoms with Crippen molar-refractivity contribution in [3.05, 3.63) is 76.3 Å². The van der Waals surface area contributed by atoms with Gasteiger partial charge in [0.15, 0.2) is 5.13 Å². The first-order chi connectivity index (χ1) is 13.1. The van der Waals surface area contributed by atoms with Crippen molar-refractivity contribution in [2.75, 3.05) is 10.6 Å². The number of anilines is 2. The van der Waals surface area contributed by atoms with Crippen molar-refractivity contribution in [2.24, 2.45) is 0 Å². The molecule has 2 N–H and O–H groups in total. The number of amides is 2. The van der Waals surface area contributed by atoms with Gasteiger partial charge in [-0.3, -0.25) is 14.9 Å². The first-order valence-corrected chi connectivity index (χ1v) is 9.65. The zero-order chi connectivity index (χ0) is 18.8. The van der Waals surface area contributed by atoms with E-state index in [1.54, 1.807) is 12.1 Å². The Kier molecular flexibility index (Phi) is 4.73. The molecule has 1 aliphatic carbocycles. The van der Waals surface area contributed by atoms with Crippen molar-refractivity contribution >= 4 is 34.0 Å². The van der Waals surface area contributed by atoms with Crippen molar-refractivity contribution in [3.63, 3.8) is 0 Å². The highest BCUT2D eigenvalue weighted by Gasteiger charge is 2.33. The SMILES string of the molecule is Cc1ccc(NC(=O)C2CCc3sc(NC(=O)c4ccccc4)nc32)cc1. The number of nitrogens with one attached hydrogen (secondary N) is 2. The largest absolute Gasteiger partial charge is 0.326 e. The van der Waals surface area contributed by atoms with Crippen LogP contribution in [0.2, 0.25) is 0 Å². The van der Waals surface area contributed by atoms with Crippen LogP contribution in [0, 0.1) is 6.92 Å². The smallest absolute Gasteiger partial charge is 0.257 e. The standard InChI is InChI=1S/C21H19N3O2S/c1-13-7-9-15(10-8-13)22-20(26)16-11-12-17-18(16)23-21(27-17)24-19(25)14-5-3-2-4-6-14/h2-10,16H,11-12H2,1H3,(H,22,26)(H,23,24,25). The molecule has 0 fully saturated rings. The van der Waals surface area contributed by atoms with Crippen molar-refractivity contribution in [1.29, 1.82) is 0 Å². The van der Waals surface area contributed by atoms with E-state index >= 15 is 0 Å². The molecule has 0 saturated carbocycles. The van der Waals surface area contributed by atoms with E-state index in [0.29, 0.717) is 10.7 Å². The molecule has 0 aliphatic heterocycles. The van der Waals surface area contributed by atoms with E-state index in [-0.39, 0.29) is 17.7 Å². The van der Waals surface area contributed by atoms with Crippen molar-refractivity contribution in [3.8, 4) is 0 Å². The van der Waals surface area contributed by atoms with E-state index in [1.165, 1.54) is 11.3 Å². The van der Waals surface area contributed by atoms with E-state index in [0.717, 1.165) is 34.7 Å². The number of aromatic nitrogens is 1. The van der Waals surface area contributed by atoms with Crippen LogP contribution in [0.4, 0.5) is 10.8 Å². The molecule has 136 valence electrons. The lowest BCUT2D eigenvalue weighted by molar-refractivity contribution is -0.117. The second kappa shape index (κ2) is 7.32. The third-order valence-electron chi connectivity index (χ3n) is 4.61. The number of rotatable bonds is 4. The van der Waals surface area contributed by atoms with Gasteiger partial charge in [-0.1, -0.05) is 35.9 Å². The van der Waals surface area contributed by atoms with E-state index in [2.05, 4.69) is 15.6 Å². The quantitative estimate of drug-likeness (QED) is 0.709. The number of thiazole rings is 1. The number of hydrogen-bond donors (Lipinski definition) is 2. The second-order valence-electron chi connectivity index (χ2n) is 6.59. The number of fused-ring (bicyclic) bond motifs is 1. The fourth-order valence-corrected chi connectivity index (χ4v) is 4.19. The average Bonchev–Trinajstić information content (AvgIpc) is 3.24. The van der Waals surface area contributed by atoms with Gasteiger partial charge in [0, 0.05) is 16.1 Å². The maximum absolute atomic E-state index is 12.7.